The summed E-state index contributed by atoms with van der Waals surface area (Å²) in [6.45, 7) is 2.58. The van der Waals surface area contributed by atoms with Gasteiger partial charge in [-0.2, -0.15) is 5.10 Å². The smallest absolute Gasteiger partial charge is 0.215 e. The largest absolute Gasteiger partial charge is 0.497 e. The molecule has 0 saturated heterocycles. The lowest BCUT2D eigenvalue weighted by Crippen LogP contribution is -2.07. The van der Waals surface area contributed by atoms with Gasteiger partial charge in [-0.3, -0.25) is 9.78 Å². The van der Waals surface area contributed by atoms with Crippen LogP contribution in [0.5, 0.6) is 5.75 Å². The van der Waals surface area contributed by atoms with Gasteiger partial charge in [0.05, 0.1) is 18.4 Å². The standard InChI is InChI=1S/C26H21ClN4O2/c1-17-25(26(32)23-11-14-31(29-23)20-9-12-28-13-10-20)22-15-21(33-2)7-8-24(22)30(17)16-18-3-5-19(27)6-4-18/h3-15H,16H2,1-2H3. The Morgan fingerprint density at radius 2 is 1.79 bits per heavy atom. The lowest BCUT2D eigenvalue weighted by Gasteiger charge is -2.09. The number of carbonyl (C=O) groups is 1. The molecule has 5 aromatic rings. The van der Waals surface area contributed by atoms with Crippen molar-refractivity contribution in [3.05, 3.63) is 107 Å². The summed E-state index contributed by atoms with van der Waals surface area (Å²) in [7, 11) is 1.62. The molecule has 6 nitrogen and oxygen atoms in total. The molecule has 7 heteroatoms. The minimum absolute atomic E-state index is 0.131. The SMILES string of the molecule is COc1ccc2c(c1)c(C(=O)c1ccn(-c3ccncc3)n1)c(C)n2Cc1ccc(Cl)cc1. The van der Waals surface area contributed by atoms with E-state index in [0.29, 0.717) is 28.6 Å². The molecule has 0 saturated carbocycles. The van der Waals surface area contributed by atoms with Crippen molar-refractivity contribution in [1.82, 2.24) is 19.3 Å². The summed E-state index contributed by atoms with van der Waals surface area (Å²) >= 11 is 6.06. The molecule has 0 aliphatic rings. The number of ketones is 1. The van der Waals surface area contributed by atoms with Gasteiger partial charge in [0.25, 0.3) is 0 Å². The van der Waals surface area contributed by atoms with Gasteiger partial charge in [-0.25, -0.2) is 4.68 Å². The third kappa shape index (κ3) is 3.90. The number of hydrogen-bond donors (Lipinski definition) is 0. The molecule has 164 valence electrons. The molecule has 3 aromatic heterocycles. The zero-order valence-corrected chi connectivity index (χ0v) is 19.0. The van der Waals surface area contributed by atoms with Crippen molar-refractivity contribution in [3.8, 4) is 11.4 Å². The quantitative estimate of drug-likeness (QED) is 0.318. The molecule has 0 aliphatic carbocycles. The Bertz CT molecular complexity index is 1450. The maximum Gasteiger partial charge on any atom is 0.215 e. The first kappa shape index (κ1) is 21.0. The maximum absolute atomic E-state index is 13.7. The molecule has 0 radical (unpaired) electrons. The van der Waals surface area contributed by atoms with Crippen molar-refractivity contribution in [2.45, 2.75) is 13.5 Å². The molecule has 0 atom stereocenters. The van der Waals surface area contributed by atoms with Crippen LogP contribution in [0.4, 0.5) is 0 Å². The zero-order valence-electron chi connectivity index (χ0n) is 18.2. The number of ether oxygens (including phenoxy) is 1. The number of pyridine rings is 1. The second kappa shape index (κ2) is 8.56. The summed E-state index contributed by atoms with van der Waals surface area (Å²) in [6, 6.07) is 19.0. The van der Waals surface area contributed by atoms with E-state index in [2.05, 4.69) is 14.6 Å². The van der Waals surface area contributed by atoms with Crippen LogP contribution in [0.25, 0.3) is 16.6 Å². The molecule has 5 rings (SSSR count). The predicted molar refractivity (Wildman–Crippen MR) is 129 cm³/mol. The van der Waals surface area contributed by atoms with Crippen LogP contribution in [-0.4, -0.2) is 32.2 Å². The molecule has 2 aromatic carbocycles. The molecule has 0 fully saturated rings. The van der Waals surface area contributed by atoms with Gasteiger partial charge in [0, 0.05) is 46.8 Å². The summed E-state index contributed by atoms with van der Waals surface area (Å²) in [5, 5.41) is 6.06. The fourth-order valence-electron chi connectivity index (χ4n) is 4.06. The minimum Gasteiger partial charge on any atom is -0.497 e. The van der Waals surface area contributed by atoms with Gasteiger partial charge >= 0.3 is 0 Å². The average molecular weight is 457 g/mol. The molecule has 0 bridgehead atoms. The molecule has 0 unspecified atom stereocenters. The molecular formula is C26H21ClN4O2. The Hall–Kier alpha value is -3.90. The Kier molecular flexibility index (Phi) is 5.44. The van der Waals surface area contributed by atoms with Crippen LogP contribution in [0, 0.1) is 6.92 Å². The van der Waals surface area contributed by atoms with E-state index < -0.39 is 0 Å². The first-order valence-corrected chi connectivity index (χ1v) is 10.8. The van der Waals surface area contributed by atoms with Crippen molar-refractivity contribution in [3.63, 3.8) is 0 Å². The number of fused-ring (bicyclic) bond motifs is 1. The Morgan fingerprint density at radius 3 is 2.52 bits per heavy atom. The normalized spacial score (nSPS) is 11.1. The van der Waals surface area contributed by atoms with Crippen LogP contribution >= 0.6 is 11.6 Å². The fourth-order valence-corrected chi connectivity index (χ4v) is 4.19. The Labute approximate surface area is 196 Å². The van der Waals surface area contributed by atoms with Gasteiger partial charge in [-0.05, 0) is 61.0 Å². The van der Waals surface area contributed by atoms with Crippen molar-refractivity contribution in [2.24, 2.45) is 0 Å². The second-order valence-corrected chi connectivity index (χ2v) is 8.17. The summed E-state index contributed by atoms with van der Waals surface area (Å²) < 4.78 is 9.27. The Morgan fingerprint density at radius 1 is 1.03 bits per heavy atom. The van der Waals surface area contributed by atoms with Crippen molar-refractivity contribution in [1.29, 1.82) is 0 Å². The van der Waals surface area contributed by atoms with Crippen LogP contribution in [-0.2, 0) is 6.54 Å². The van der Waals surface area contributed by atoms with E-state index in [1.54, 1.807) is 36.4 Å². The Balaban J connectivity index is 1.61. The molecule has 0 amide bonds. The first-order chi connectivity index (χ1) is 16.0. The van der Waals surface area contributed by atoms with Gasteiger partial charge in [0.2, 0.25) is 5.78 Å². The fraction of sp³-hybridized carbons (Fsp3) is 0.115. The van der Waals surface area contributed by atoms with Crippen LogP contribution in [0.3, 0.4) is 0 Å². The number of benzene rings is 2. The van der Waals surface area contributed by atoms with E-state index in [-0.39, 0.29) is 5.78 Å². The van der Waals surface area contributed by atoms with E-state index in [9.17, 15) is 4.79 Å². The highest BCUT2D eigenvalue weighted by Crippen LogP contribution is 2.32. The average Bonchev–Trinajstić information content (AvgIpc) is 3.44. The summed E-state index contributed by atoms with van der Waals surface area (Å²) in [4.78, 5) is 17.7. The predicted octanol–water partition coefficient (Wildman–Crippen LogP) is 5.47. The second-order valence-electron chi connectivity index (χ2n) is 7.74. The van der Waals surface area contributed by atoms with Crippen LogP contribution in [0.2, 0.25) is 5.02 Å². The van der Waals surface area contributed by atoms with Gasteiger partial charge < -0.3 is 9.30 Å². The summed E-state index contributed by atoms with van der Waals surface area (Å²) in [5.74, 6) is 0.566. The van der Waals surface area contributed by atoms with Gasteiger partial charge in [0.1, 0.15) is 11.4 Å². The molecule has 3 heterocycles. The van der Waals surface area contributed by atoms with E-state index >= 15 is 0 Å². The minimum atomic E-state index is -0.131. The highest BCUT2D eigenvalue weighted by molar-refractivity contribution is 6.30. The topological polar surface area (TPSA) is 61.9 Å². The van der Waals surface area contributed by atoms with E-state index in [0.717, 1.165) is 27.8 Å². The number of halogens is 1. The molecular weight excluding hydrogens is 436 g/mol. The third-order valence-electron chi connectivity index (χ3n) is 5.76. The van der Waals surface area contributed by atoms with E-state index in [4.69, 9.17) is 16.3 Å². The number of aromatic nitrogens is 4. The van der Waals surface area contributed by atoms with Gasteiger partial charge in [-0.1, -0.05) is 23.7 Å². The number of carbonyl (C=O) groups excluding carboxylic acids is 1. The number of nitrogens with zero attached hydrogens (tertiary/aromatic N) is 4. The molecule has 0 spiro atoms. The monoisotopic (exact) mass is 456 g/mol. The van der Waals surface area contributed by atoms with Gasteiger partial charge in [0.15, 0.2) is 0 Å². The van der Waals surface area contributed by atoms with Crippen LogP contribution < -0.4 is 4.74 Å². The highest BCUT2D eigenvalue weighted by atomic mass is 35.5. The first-order valence-electron chi connectivity index (χ1n) is 10.5. The zero-order chi connectivity index (χ0) is 22.9. The summed E-state index contributed by atoms with van der Waals surface area (Å²) in [6.07, 6.45) is 5.17. The third-order valence-corrected chi connectivity index (χ3v) is 6.01. The van der Waals surface area contributed by atoms with Crippen molar-refractivity contribution < 1.29 is 9.53 Å². The van der Waals surface area contributed by atoms with Crippen molar-refractivity contribution in [2.75, 3.05) is 7.11 Å². The highest BCUT2D eigenvalue weighted by Gasteiger charge is 2.23. The molecule has 0 N–H and O–H groups in total. The molecule has 0 aliphatic heterocycles. The maximum atomic E-state index is 13.7. The number of rotatable bonds is 6. The number of hydrogen-bond acceptors (Lipinski definition) is 4. The lowest BCUT2D eigenvalue weighted by molar-refractivity contribution is 0.103. The number of methoxy groups -OCH3 is 1. The molecule has 33 heavy (non-hydrogen) atoms. The van der Waals surface area contributed by atoms with E-state index in [1.807, 2.05) is 61.5 Å². The van der Waals surface area contributed by atoms with Crippen LogP contribution in [0.1, 0.15) is 27.3 Å². The van der Waals surface area contributed by atoms with Crippen LogP contribution in [0.15, 0.2) is 79.3 Å². The summed E-state index contributed by atoms with van der Waals surface area (Å²) in [5.41, 5.74) is 4.77. The lowest BCUT2D eigenvalue weighted by atomic mass is 10.0. The van der Waals surface area contributed by atoms with E-state index in [1.165, 1.54) is 0 Å². The van der Waals surface area contributed by atoms with Gasteiger partial charge in [-0.15, -0.1) is 0 Å². The van der Waals surface area contributed by atoms with Crippen molar-refractivity contribution >= 4 is 28.3 Å².